The number of nitriles is 1. The number of piperidine rings is 1. The SMILES string of the molecule is CC(C)[C@@H](Nc1ccc(C#N)cc1)C(=O)N1CC[C@](O)(c2ccc(Cl)cc2)C(C)(C)C1. The van der Waals surface area contributed by atoms with Crippen LogP contribution in [0.1, 0.15) is 45.2 Å². The summed E-state index contributed by atoms with van der Waals surface area (Å²) in [7, 11) is 0. The first-order valence-electron chi connectivity index (χ1n) is 10.6. The highest BCUT2D eigenvalue weighted by Gasteiger charge is 2.50. The van der Waals surface area contributed by atoms with Gasteiger partial charge in [-0.3, -0.25) is 4.79 Å². The van der Waals surface area contributed by atoms with Crippen LogP contribution >= 0.6 is 11.6 Å². The second-order valence-electron chi connectivity index (χ2n) is 9.32. The fourth-order valence-corrected chi connectivity index (χ4v) is 4.43. The van der Waals surface area contributed by atoms with Crippen LogP contribution in [-0.2, 0) is 10.4 Å². The van der Waals surface area contributed by atoms with E-state index < -0.39 is 17.1 Å². The lowest BCUT2D eigenvalue weighted by Crippen LogP contribution is -2.59. The smallest absolute Gasteiger partial charge is 0.245 e. The minimum absolute atomic E-state index is 0.0191. The molecule has 164 valence electrons. The van der Waals surface area contributed by atoms with Crippen LogP contribution in [0.25, 0.3) is 0 Å². The van der Waals surface area contributed by atoms with Gasteiger partial charge in [0.2, 0.25) is 5.91 Å². The number of hydrogen-bond donors (Lipinski definition) is 2. The van der Waals surface area contributed by atoms with Crippen molar-refractivity contribution >= 4 is 23.2 Å². The highest BCUT2D eigenvalue weighted by atomic mass is 35.5. The Morgan fingerprint density at radius 1 is 1.16 bits per heavy atom. The van der Waals surface area contributed by atoms with Crippen LogP contribution in [0.5, 0.6) is 0 Å². The summed E-state index contributed by atoms with van der Waals surface area (Å²) in [5.74, 6) is 0.0916. The van der Waals surface area contributed by atoms with Crippen LogP contribution < -0.4 is 5.32 Å². The third-order valence-electron chi connectivity index (χ3n) is 6.35. The molecule has 3 rings (SSSR count). The van der Waals surface area contributed by atoms with Gasteiger partial charge in [0.1, 0.15) is 6.04 Å². The van der Waals surface area contributed by atoms with Crippen LogP contribution in [0.15, 0.2) is 48.5 Å². The van der Waals surface area contributed by atoms with Crippen molar-refractivity contribution < 1.29 is 9.90 Å². The number of carbonyl (C=O) groups excluding carboxylic acids is 1. The first-order valence-corrected chi connectivity index (χ1v) is 11.0. The number of hydrogen-bond acceptors (Lipinski definition) is 4. The molecule has 0 saturated carbocycles. The summed E-state index contributed by atoms with van der Waals surface area (Å²) in [5.41, 5.74) is 0.634. The molecule has 0 spiro atoms. The lowest BCUT2D eigenvalue weighted by Gasteiger charge is -2.51. The van der Waals surface area contributed by atoms with Crippen molar-refractivity contribution in [3.05, 3.63) is 64.7 Å². The molecule has 1 saturated heterocycles. The molecule has 2 aromatic rings. The summed E-state index contributed by atoms with van der Waals surface area (Å²) in [5, 5.41) is 24.5. The summed E-state index contributed by atoms with van der Waals surface area (Å²) in [6, 6.07) is 16.1. The van der Waals surface area contributed by atoms with Gasteiger partial charge in [-0.2, -0.15) is 5.26 Å². The molecule has 2 N–H and O–H groups in total. The van der Waals surface area contributed by atoms with Crippen molar-refractivity contribution in [2.24, 2.45) is 11.3 Å². The lowest BCUT2D eigenvalue weighted by atomic mass is 9.66. The van der Waals surface area contributed by atoms with E-state index in [1.807, 2.05) is 56.9 Å². The standard InChI is InChI=1S/C25H30ClN3O2/c1-17(2)22(28-21-11-5-18(15-27)6-12-21)23(30)29-14-13-25(31,24(3,4)16-29)19-7-9-20(26)10-8-19/h5-12,17,22,28,31H,13-14,16H2,1-4H3/t22-,25+/m1/s1. The van der Waals surface area contributed by atoms with Gasteiger partial charge in [-0.15, -0.1) is 0 Å². The number of nitrogens with zero attached hydrogens (tertiary/aromatic N) is 2. The third kappa shape index (κ3) is 4.71. The van der Waals surface area contributed by atoms with Crippen molar-refractivity contribution in [2.45, 2.75) is 45.8 Å². The topological polar surface area (TPSA) is 76.4 Å². The Labute approximate surface area is 189 Å². The Bertz CT molecular complexity index is 964. The normalized spacial score (nSPS) is 21.4. The molecule has 2 aromatic carbocycles. The zero-order chi connectivity index (χ0) is 22.8. The molecular formula is C25H30ClN3O2. The first kappa shape index (κ1) is 23.1. The number of carbonyl (C=O) groups is 1. The van der Waals surface area contributed by atoms with E-state index in [1.165, 1.54) is 0 Å². The first-order chi connectivity index (χ1) is 14.6. The van der Waals surface area contributed by atoms with Crippen molar-refractivity contribution in [1.29, 1.82) is 5.26 Å². The number of anilines is 1. The highest BCUT2D eigenvalue weighted by molar-refractivity contribution is 6.30. The van der Waals surface area contributed by atoms with E-state index in [0.717, 1.165) is 11.3 Å². The number of nitrogens with one attached hydrogen (secondary N) is 1. The molecule has 1 fully saturated rings. The molecule has 5 nitrogen and oxygen atoms in total. The largest absolute Gasteiger partial charge is 0.384 e. The minimum atomic E-state index is -1.04. The number of halogens is 1. The van der Waals surface area contributed by atoms with Gasteiger partial charge in [-0.25, -0.2) is 0 Å². The predicted molar refractivity (Wildman–Crippen MR) is 124 cm³/mol. The maximum absolute atomic E-state index is 13.5. The maximum Gasteiger partial charge on any atom is 0.245 e. The summed E-state index contributed by atoms with van der Waals surface area (Å²) in [4.78, 5) is 15.3. The van der Waals surface area contributed by atoms with Crippen molar-refractivity contribution in [3.8, 4) is 6.07 Å². The lowest BCUT2D eigenvalue weighted by molar-refractivity contribution is -0.154. The molecule has 0 aliphatic carbocycles. The summed E-state index contributed by atoms with van der Waals surface area (Å²) in [6.45, 7) is 8.94. The van der Waals surface area contributed by atoms with Gasteiger partial charge < -0.3 is 15.3 Å². The van der Waals surface area contributed by atoms with E-state index in [2.05, 4.69) is 11.4 Å². The van der Waals surface area contributed by atoms with Gasteiger partial charge in [-0.1, -0.05) is 51.4 Å². The van der Waals surface area contributed by atoms with Gasteiger partial charge in [0, 0.05) is 29.2 Å². The van der Waals surface area contributed by atoms with Crippen molar-refractivity contribution in [3.63, 3.8) is 0 Å². The zero-order valence-corrected chi connectivity index (χ0v) is 19.3. The molecule has 1 heterocycles. The highest BCUT2D eigenvalue weighted by Crippen LogP contribution is 2.46. The molecule has 31 heavy (non-hydrogen) atoms. The van der Waals surface area contributed by atoms with Crippen LogP contribution in [-0.4, -0.2) is 35.0 Å². The number of rotatable bonds is 5. The molecule has 0 aromatic heterocycles. The number of benzene rings is 2. The van der Waals surface area contributed by atoms with Crippen LogP contribution in [0, 0.1) is 22.7 Å². The Morgan fingerprint density at radius 2 is 1.77 bits per heavy atom. The molecule has 0 radical (unpaired) electrons. The fraction of sp³-hybridized carbons (Fsp3) is 0.440. The van der Waals surface area contributed by atoms with Gasteiger partial charge in [0.05, 0.1) is 17.2 Å². The Balaban J connectivity index is 1.78. The van der Waals surface area contributed by atoms with E-state index in [0.29, 0.717) is 30.1 Å². The molecule has 1 aliphatic rings. The van der Waals surface area contributed by atoms with E-state index >= 15 is 0 Å². The van der Waals surface area contributed by atoms with Gasteiger partial charge in [-0.05, 0) is 54.3 Å². The molecule has 6 heteroatoms. The molecule has 1 aliphatic heterocycles. The Hall–Kier alpha value is -2.55. The van der Waals surface area contributed by atoms with Gasteiger partial charge in [0.15, 0.2) is 0 Å². The fourth-order valence-electron chi connectivity index (χ4n) is 4.30. The van der Waals surface area contributed by atoms with Gasteiger partial charge in [0.25, 0.3) is 0 Å². The summed E-state index contributed by atoms with van der Waals surface area (Å²) in [6.07, 6.45) is 0.453. The zero-order valence-electron chi connectivity index (χ0n) is 18.5. The Kier molecular flexibility index (Phi) is 6.64. The average Bonchev–Trinajstić information content (AvgIpc) is 2.74. The predicted octanol–water partition coefficient (Wildman–Crippen LogP) is 4.79. The van der Waals surface area contributed by atoms with E-state index in [4.69, 9.17) is 16.9 Å². The monoisotopic (exact) mass is 439 g/mol. The van der Waals surface area contributed by atoms with E-state index in [9.17, 15) is 9.90 Å². The van der Waals surface area contributed by atoms with E-state index in [1.54, 1.807) is 24.3 Å². The van der Waals surface area contributed by atoms with Crippen LogP contribution in [0.2, 0.25) is 5.02 Å². The Morgan fingerprint density at radius 3 is 2.29 bits per heavy atom. The molecular weight excluding hydrogens is 410 g/mol. The number of amides is 1. The average molecular weight is 440 g/mol. The molecule has 1 amide bonds. The van der Waals surface area contributed by atoms with Crippen LogP contribution in [0.4, 0.5) is 5.69 Å². The van der Waals surface area contributed by atoms with Gasteiger partial charge >= 0.3 is 0 Å². The van der Waals surface area contributed by atoms with Crippen LogP contribution in [0.3, 0.4) is 0 Å². The molecule has 0 bridgehead atoms. The van der Waals surface area contributed by atoms with Crippen molar-refractivity contribution in [1.82, 2.24) is 4.90 Å². The molecule has 0 unspecified atom stereocenters. The maximum atomic E-state index is 13.5. The number of aliphatic hydroxyl groups is 1. The van der Waals surface area contributed by atoms with E-state index in [-0.39, 0.29) is 11.8 Å². The second-order valence-corrected chi connectivity index (χ2v) is 9.75. The van der Waals surface area contributed by atoms with Crippen molar-refractivity contribution in [2.75, 3.05) is 18.4 Å². The summed E-state index contributed by atoms with van der Waals surface area (Å²) < 4.78 is 0. The number of likely N-dealkylation sites (tertiary alicyclic amines) is 1. The summed E-state index contributed by atoms with van der Waals surface area (Å²) >= 11 is 6.02. The third-order valence-corrected chi connectivity index (χ3v) is 6.60. The quantitative estimate of drug-likeness (QED) is 0.701. The molecule has 2 atom stereocenters. The minimum Gasteiger partial charge on any atom is -0.384 e. The second kappa shape index (κ2) is 8.90.